The van der Waals surface area contributed by atoms with E-state index in [0.29, 0.717) is 11.4 Å². The van der Waals surface area contributed by atoms with Crippen LogP contribution in [0.4, 0.5) is 21.5 Å². The van der Waals surface area contributed by atoms with Crippen LogP contribution in [0.1, 0.15) is 11.1 Å². The Hall–Kier alpha value is -1.74. The van der Waals surface area contributed by atoms with E-state index in [4.69, 9.17) is 17.3 Å². The summed E-state index contributed by atoms with van der Waals surface area (Å²) in [4.78, 5) is 0. The second-order valence-corrected chi connectivity index (χ2v) is 4.76. The Labute approximate surface area is 111 Å². The van der Waals surface area contributed by atoms with E-state index >= 15 is 0 Å². The number of anilines is 3. The van der Waals surface area contributed by atoms with Gasteiger partial charge in [-0.3, -0.25) is 0 Å². The number of nitrogens with two attached hydrogens (primary N) is 1. The second-order valence-electron chi connectivity index (χ2n) is 4.35. The lowest BCUT2D eigenvalue weighted by atomic mass is 10.1. The first-order valence-corrected chi connectivity index (χ1v) is 5.93. The van der Waals surface area contributed by atoms with Crippen LogP contribution in [0.15, 0.2) is 30.3 Å². The van der Waals surface area contributed by atoms with E-state index in [1.807, 2.05) is 26.0 Å². The zero-order valence-electron chi connectivity index (χ0n) is 10.2. The molecule has 2 nitrogen and oxygen atoms in total. The topological polar surface area (TPSA) is 38.0 Å². The highest BCUT2D eigenvalue weighted by Crippen LogP contribution is 2.29. The fourth-order valence-electron chi connectivity index (χ4n) is 1.87. The minimum atomic E-state index is -0.488. The third kappa shape index (κ3) is 2.74. The van der Waals surface area contributed by atoms with Crippen LogP contribution in [0.5, 0.6) is 0 Å². The van der Waals surface area contributed by atoms with E-state index in [1.54, 1.807) is 0 Å². The van der Waals surface area contributed by atoms with Crippen LogP contribution in [0, 0.1) is 19.7 Å². The lowest BCUT2D eigenvalue weighted by Crippen LogP contribution is -1.98. The van der Waals surface area contributed by atoms with Gasteiger partial charge in [0.25, 0.3) is 0 Å². The molecule has 0 fully saturated rings. The van der Waals surface area contributed by atoms with Gasteiger partial charge in [-0.05, 0) is 43.2 Å². The van der Waals surface area contributed by atoms with Gasteiger partial charge in [-0.1, -0.05) is 17.7 Å². The molecule has 0 saturated heterocycles. The van der Waals surface area contributed by atoms with Crippen LogP contribution in [0.3, 0.4) is 0 Å². The van der Waals surface area contributed by atoms with E-state index in [0.717, 1.165) is 16.8 Å². The molecule has 0 aliphatic heterocycles. The number of benzene rings is 2. The van der Waals surface area contributed by atoms with Gasteiger partial charge in [0.2, 0.25) is 0 Å². The Kier molecular flexibility index (Phi) is 3.43. The molecule has 0 aliphatic carbocycles. The average Bonchev–Trinajstić information content (AvgIpc) is 2.24. The van der Waals surface area contributed by atoms with Crippen molar-refractivity contribution in [3.05, 3.63) is 52.3 Å². The molecule has 0 saturated carbocycles. The number of halogens is 2. The van der Waals surface area contributed by atoms with Crippen molar-refractivity contribution in [3.8, 4) is 0 Å². The molecule has 0 spiro atoms. The van der Waals surface area contributed by atoms with Crippen molar-refractivity contribution in [1.82, 2.24) is 0 Å². The summed E-state index contributed by atoms with van der Waals surface area (Å²) in [7, 11) is 0. The zero-order valence-corrected chi connectivity index (χ0v) is 11.0. The Morgan fingerprint density at radius 1 is 1.06 bits per heavy atom. The summed E-state index contributed by atoms with van der Waals surface area (Å²) in [5.41, 5.74) is 9.87. The first-order chi connectivity index (χ1) is 8.45. The summed E-state index contributed by atoms with van der Waals surface area (Å²) >= 11 is 5.66. The van der Waals surface area contributed by atoms with E-state index in [2.05, 4.69) is 11.4 Å². The van der Waals surface area contributed by atoms with Gasteiger partial charge in [0, 0.05) is 11.8 Å². The van der Waals surface area contributed by atoms with Crippen molar-refractivity contribution in [3.63, 3.8) is 0 Å². The Balaban J connectivity index is 2.36. The number of aryl methyl sites for hydroxylation is 2. The van der Waals surface area contributed by atoms with Crippen LogP contribution in [0.2, 0.25) is 5.02 Å². The van der Waals surface area contributed by atoms with Gasteiger partial charge in [0.05, 0.1) is 16.4 Å². The highest BCUT2D eigenvalue weighted by atomic mass is 35.5. The van der Waals surface area contributed by atoms with Gasteiger partial charge in [0.1, 0.15) is 5.82 Å². The van der Waals surface area contributed by atoms with E-state index in [-0.39, 0.29) is 5.02 Å². The lowest BCUT2D eigenvalue weighted by molar-refractivity contribution is 0.629. The fraction of sp³-hybridized carbons (Fsp3) is 0.143. The zero-order chi connectivity index (χ0) is 13.3. The maximum absolute atomic E-state index is 13.4. The lowest BCUT2D eigenvalue weighted by Gasteiger charge is -2.11. The average molecular weight is 265 g/mol. The summed E-state index contributed by atoms with van der Waals surface area (Å²) in [6, 6.07) is 8.71. The van der Waals surface area contributed by atoms with Crippen molar-refractivity contribution < 1.29 is 4.39 Å². The number of hydrogen-bond acceptors (Lipinski definition) is 2. The maximum Gasteiger partial charge on any atom is 0.144 e. The smallest absolute Gasteiger partial charge is 0.144 e. The van der Waals surface area contributed by atoms with Crippen LogP contribution in [0.25, 0.3) is 0 Å². The molecule has 0 bridgehead atoms. The van der Waals surface area contributed by atoms with Crippen molar-refractivity contribution >= 4 is 28.7 Å². The predicted octanol–water partition coefficient (Wildman–Crippen LogP) is 4.42. The molecule has 2 rings (SSSR count). The molecule has 18 heavy (non-hydrogen) atoms. The van der Waals surface area contributed by atoms with Gasteiger partial charge in [-0.2, -0.15) is 0 Å². The van der Waals surface area contributed by atoms with Crippen LogP contribution in [-0.2, 0) is 0 Å². The second kappa shape index (κ2) is 4.86. The summed E-state index contributed by atoms with van der Waals surface area (Å²) in [6.07, 6.45) is 0. The molecule has 2 aromatic rings. The third-order valence-electron chi connectivity index (χ3n) is 2.59. The normalized spacial score (nSPS) is 10.4. The van der Waals surface area contributed by atoms with Gasteiger partial charge in [0.15, 0.2) is 0 Å². The van der Waals surface area contributed by atoms with Crippen LogP contribution in [-0.4, -0.2) is 0 Å². The summed E-state index contributed by atoms with van der Waals surface area (Å²) < 4.78 is 13.4. The molecule has 94 valence electrons. The first-order valence-electron chi connectivity index (χ1n) is 5.55. The van der Waals surface area contributed by atoms with E-state index < -0.39 is 5.82 Å². The Morgan fingerprint density at radius 3 is 2.28 bits per heavy atom. The summed E-state index contributed by atoms with van der Waals surface area (Å²) in [5.74, 6) is -0.488. The quantitative estimate of drug-likeness (QED) is 0.788. The molecule has 2 aromatic carbocycles. The molecule has 0 aliphatic rings. The maximum atomic E-state index is 13.4. The monoisotopic (exact) mass is 264 g/mol. The van der Waals surface area contributed by atoms with Crippen molar-refractivity contribution in [2.24, 2.45) is 0 Å². The molecule has 4 heteroatoms. The molecular weight excluding hydrogens is 251 g/mol. The number of rotatable bonds is 2. The molecule has 0 amide bonds. The third-order valence-corrected chi connectivity index (χ3v) is 2.88. The minimum absolute atomic E-state index is 0.0264. The van der Waals surface area contributed by atoms with Gasteiger partial charge < -0.3 is 11.1 Å². The minimum Gasteiger partial charge on any atom is -0.397 e. The van der Waals surface area contributed by atoms with Crippen LogP contribution < -0.4 is 11.1 Å². The van der Waals surface area contributed by atoms with Gasteiger partial charge in [-0.25, -0.2) is 4.39 Å². The highest BCUT2D eigenvalue weighted by molar-refractivity contribution is 6.31. The number of nitrogen functional groups attached to an aromatic ring is 1. The molecular formula is C14H14ClFN2. The van der Waals surface area contributed by atoms with Gasteiger partial charge in [-0.15, -0.1) is 0 Å². The standard InChI is InChI=1S/C14H14ClFN2/c1-8-3-9(2)5-10(4-8)18-14-7-12(16)11(15)6-13(14)17/h3-7,18H,17H2,1-2H3. The SMILES string of the molecule is Cc1cc(C)cc(Nc2cc(F)c(Cl)cc2N)c1. The number of nitrogens with one attached hydrogen (secondary N) is 1. The summed E-state index contributed by atoms with van der Waals surface area (Å²) in [5, 5.41) is 3.12. The van der Waals surface area contributed by atoms with E-state index in [1.165, 1.54) is 12.1 Å². The highest BCUT2D eigenvalue weighted by Gasteiger charge is 2.07. The van der Waals surface area contributed by atoms with Crippen molar-refractivity contribution in [1.29, 1.82) is 0 Å². The summed E-state index contributed by atoms with van der Waals surface area (Å²) in [6.45, 7) is 4.01. The molecule has 0 atom stereocenters. The van der Waals surface area contributed by atoms with Crippen molar-refractivity contribution in [2.45, 2.75) is 13.8 Å². The number of hydrogen-bond donors (Lipinski definition) is 2. The molecule has 0 heterocycles. The van der Waals surface area contributed by atoms with Gasteiger partial charge >= 0.3 is 0 Å². The molecule has 0 radical (unpaired) electrons. The fourth-order valence-corrected chi connectivity index (χ4v) is 2.04. The largest absolute Gasteiger partial charge is 0.397 e. The van der Waals surface area contributed by atoms with Crippen molar-refractivity contribution in [2.75, 3.05) is 11.1 Å². The molecule has 0 aromatic heterocycles. The predicted molar refractivity (Wildman–Crippen MR) is 75.0 cm³/mol. The Bertz CT molecular complexity index is 576. The van der Waals surface area contributed by atoms with E-state index in [9.17, 15) is 4.39 Å². The molecule has 0 unspecified atom stereocenters. The first kappa shape index (κ1) is 12.7. The van der Waals surface area contributed by atoms with Crippen LogP contribution >= 0.6 is 11.6 Å². The molecule has 3 N–H and O–H groups in total. The Morgan fingerprint density at radius 2 is 1.67 bits per heavy atom.